The van der Waals surface area contributed by atoms with E-state index in [0.29, 0.717) is 13.0 Å². The van der Waals surface area contributed by atoms with Gasteiger partial charge in [-0.1, -0.05) is 13.0 Å². The maximum Gasteiger partial charge on any atom is 0.328 e. The predicted molar refractivity (Wildman–Crippen MR) is 69.3 cm³/mol. The van der Waals surface area contributed by atoms with Crippen molar-refractivity contribution < 1.29 is 19.4 Å². The van der Waals surface area contributed by atoms with Gasteiger partial charge in [0.2, 0.25) is 5.91 Å². The maximum absolute atomic E-state index is 11.9. The summed E-state index contributed by atoms with van der Waals surface area (Å²) in [7, 11) is 0. The molecule has 19 heavy (non-hydrogen) atoms. The summed E-state index contributed by atoms with van der Waals surface area (Å²) in [5, 5.41) is 17.9. The lowest BCUT2D eigenvalue weighted by Gasteiger charge is -2.26. The Labute approximate surface area is 113 Å². The van der Waals surface area contributed by atoms with Gasteiger partial charge in [-0.05, 0) is 12.8 Å². The third-order valence-corrected chi connectivity index (χ3v) is 2.41. The zero-order valence-corrected chi connectivity index (χ0v) is 11.2. The fourth-order valence-corrected chi connectivity index (χ4v) is 1.45. The number of rotatable bonds is 10. The van der Waals surface area contributed by atoms with Gasteiger partial charge in [-0.3, -0.25) is 4.79 Å². The van der Waals surface area contributed by atoms with Crippen LogP contribution < -0.4 is 0 Å². The summed E-state index contributed by atoms with van der Waals surface area (Å²) >= 11 is 0. The van der Waals surface area contributed by atoms with Gasteiger partial charge in [0.1, 0.15) is 6.54 Å². The van der Waals surface area contributed by atoms with Crippen molar-refractivity contribution in [3.05, 3.63) is 12.7 Å². The Morgan fingerprint density at radius 3 is 2.74 bits per heavy atom. The molecule has 0 aromatic heterocycles. The van der Waals surface area contributed by atoms with Gasteiger partial charge in [-0.2, -0.15) is 5.26 Å². The molecule has 1 atom stereocenters. The molecule has 0 fully saturated rings. The Morgan fingerprint density at radius 1 is 1.58 bits per heavy atom. The molecular formula is C13H20N2O4. The van der Waals surface area contributed by atoms with Crippen LogP contribution in [0.5, 0.6) is 0 Å². The average molecular weight is 268 g/mol. The summed E-state index contributed by atoms with van der Waals surface area (Å²) in [6.07, 6.45) is 2.92. The van der Waals surface area contributed by atoms with Crippen molar-refractivity contribution in [2.75, 3.05) is 19.8 Å². The molecule has 0 aromatic carbocycles. The number of carboxylic acids is 1. The van der Waals surface area contributed by atoms with Crippen LogP contribution in [0.15, 0.2) is 12.7 Å². The van der Waals surface area contributed by atoms with Gasteiger partial charge >= 0.3 is 5.97 Å². The van der Waals surface area contributed by atoms with Crippen LogP contribution in [0.25, 0.3) is 0 Å². The highest BCUT2D eigenvalue weighted by Crippen LogP contribution is 2.06. The van der Waals surface area contributed by atoms with Crippen molar-refractivity contribution in [2.45, 2.75) is 32.2 Å². The number of ether oxygens (including phenoxy) is 1. The molecule has 0 bridgehead atoms. The van der Waals surface area contributed by atoms with E-state index in [4.69, 9.17) is 15.1 Å². The van der Waals surface area contributed by atoms with Gasteiger partial charge in [-0.15, -0.1) is 6.58 Å². The normalized spacial score (nSPS) is 11.4. The number of hydrogen-bond donors (Lipinski definition) is 1. The number of aliphatic carboxylic acids is 1. The first kappa shape index (κ1) is 17.1. The first-order valence-corrected chi connectivity index (χ1v) is 6.16. The lowest BCUT2D eigenvalue weighted by molar-refractivity contribution is -0.152. The Balaban J connectivity index is 4.75. The number of carbonyl (C=O) groups excluding carboxylic acids is 1. The number of nitriles is 1. The third-order valence-electron chi connectivity index (χ3n) is 2.41. The van der Waals surface area contributed by atoms with E-state index < -0.39 is 12.0 Å². The Kier molecular flexibility index (Phi) is 9.10. The monoisotopic (exact) mass is 268 g/mol. The second-order valence-corrected chi connectivity index (χ2v) is 3.94. The van der Waals surface area contributed by atoms with E-state index >= 15 is 0 Å². The Morgan fingerprint density at radius 2 is 2.26 bits per heavy atom. The van der Waals surface area contributed by atoms with Gasteiger partial charge in [0.05, 0.1) is 12.7 Å². The quantitative estimate of drug-likeness (QED) is 0.365. The largest absolute Gasteiger partial charge is 0.480 e. The first-order valence-electron chi connectivity index (χ1n) is 6.16. The molecular weight excluding hydrogens is 248 g/mol. The molecule has 0 spiro atoms. The van der Waals surface area contributed by atoms with E-state index in [1.807, 2.05) is 13.0 Å². The van der Waals surface area contributed by atoms with Crippen LogP contribution in [0, 0.1) is 11.3 Å². The van der Waals surface area contributed by atoms with Gasteiger partial charge in [0, 0.05) is 13.0 Å². The molecule has 0 saturated carbocycles. The minimum atomic E-state index is -1.17. The smallest absolute Gasteiger partial charge is 0.328 e. The molecule has 0 radical (unpaired) electrons. The molecule has 106 valence electrons. The maximum atomic E-state index is 11.9. The van der Waals surface area contributed by atoms with Crippen molar-refractivity contribution in [3.8, 4) is 6.07 Å². The average Bonchev–Trinajstić information content (AvgIpc) is 2.38. The molecule has 0 aliphatic rings. The molecule has 6 nitrogen and oxygen atoms in total. The number of amides is 1. The van der Waals surface area contributed by atoms with E-state index in [-0.39, 0.29) is 25.5 Å². The van der Waals surface area contributed by atoms with Crippen LogP contribution in [0.2, 0.25) is 0 Å². The summed E-state index contributed by atoms with van der Waals surface area (Å²) in [6.45, 7) is 5.46. The molecule has 0 saturated heterocycles. The van der Waals surface area contributed by atoms with Crippen LogP contribution in [-0.2, 0) is 14.3 Å². The van der Waals surface area contributed by atoms with Gasteiger partial charge in [-0.25, -0.2) is 4.79 Å². The van der Waals surface area contributed by atoms with Crippen molar-refractivity contribution in [3.63, 3.8) is 0 Å². The summed E-state index contributed by atoms with van der Waals surface area (Å²) in [6, 6.07) is 0.690. The van der Waals surface area contributed by atoms with E-state index in [9.17, 15) is 9.59 Å². The minimum absolute atomic E-state index is 0.106. The fraction of sp³-hybridized carbons (Fsp3) is 0.615. The molecule has 6 heteroatoms. The van der Waals surface area contributed by atoms with Crippen LogP contribution in [0.3, 0.4) is 0 Å². The summed E-state index contributed by atoms with van der Waals surface area (Å²) < 4.78 is 5.18. The van der Waals surface area contributed by atoms with Crippen LogP contribution in [0.1, 0.15) is 26.2 Å². The van der Waals surface area contributed by atoms with E-state index in [0.717, 1.165) is 11.3 Å². The van der Waals surface area contributed by atoms with E-state index in [2.05, 4.69) is 6.58 Å². The predicted octanol–water partition coefficient (Wildman–Crippen LogP) is 1.18. The molecule has 0 aliphatic carbocycles. The van der Waals surface area contributed by atoms with Crippen LogP contribution in [-0.4, -0.2) is 47.7 Å². The lowest BCUT2D eigenvalue weighted by Crippen LogP contribution is -2.48. The Hall–Kier alpha value is -1.87. The highest BCUT2D eigenvalue weighted by atomic mass is 16.5. The van der Waals surface area contributed by atoms with E-state index in [1.165, 1.54) is 0 Å². The summed E-state index contributed by atoms with van der Waals surface area (Å²) in [5.41, 5.74) is 0. The summed E-state index contributed by atoms with van der Waals surface area (Å²) in [5.74, 6) is -1.55. The number of carbonyl (C=O) groups is 2. The molecule has 1 N–H and O–H groups in total. The standard InChI is InChI=1S/C13H20N2O4/c1-3-5-6-12(16)15(8-7-14)11(13(17)18)10-19-9-4-2/h3,11H,1,4-6,8-10H2,2H3,(H,17,18). The topological polar surface area (TPSA) is 90.6 Å². The fourth-order valence-electron chi connectivity index (χ4n) is 1.45. The minimum Gasteiger partial charge on any atom is -0.480 e. The second kappa shape index (κ2) is 10.1. The van der Waals surface area contributed by atoms with Crippen LogP contribution in [0.4, 0.5) is 0 Å². The zero-order chi connectivity index (χ0) is 14.7. The SMILES string of the molecule is C=CCCC(=O)N(CC#N)C(COCCC)C(=O)O. The van der Waals surface area contributed by atoms with Crippen molar-refractivity contribution in [1.29, 1.82) is 5.26 Å². The van der Waals surface area contributed by atoms with Gasteiger partial charge < -0.3 is 14.7 Å². The molecule has 0 heterocycles. The van der Waals surface area contributed by atoms with Crippen molar-refractivity contribution >= 4 is 11.9 Å². The molecule has 0 aliphatic heterocycles. The van der Waals surface area contributed by atoms with Crippen molar-refractivity contribution in [1.82, 2.24) is 4.90 Å². The lowest BCUT2D eigenvalue weighted by atomic mass is 10.2. The van der Waals surface area contributed by atoms with E-state index in [1.54, 1.807) is 6.08 Å². The molecule has 0 rings (SSSR count). The Bertz CT molecular complexity index is 349. The second-order valence-electron chi connectivity index (χ2n) is 3.94. The molecule has 1 amide bonds. The number of carboxylic acid groups (broad SMARTS) is 1. The number of nitrogens with zero attached hydrogens (tertiary/aromatic N) is 2. The molecule has 0 aromatic rings. The highest BCUT2D eigenvalue weighted by Gasteiger charge is 2.29. The highest BCUT2D eigenvalue weighted by molar-refractivity contribution is 5.84. The summed E-state index contributed by atoms with van der Waals surface area (Å²) in [4.78, 5) is 24.1. The van der Waals surface area contributed by atoms with Crippen LogP contribution >= 0.6 is 0 Å². The first-order chi connectivity index (χ1) is 9.08. The van der Waals surface area contributed by atoms with Gasteiger partial charge in [0.15, 0.2) is 6.04 Å². The number of hydrogen-bond acceptors (Lipinski definition) is 4. The third kappa shape index (κ3) is 6.58. The zero-order valence-electron chi connectivity index (χ0n) is 11.2. The molecule has 1 unspecified atom stereocenters. The van der Waals surface area contributed by atoms with Crippen molar-refractivity contribution in [2.24, 2.45) is 0 Å². The van der Waals surface area contributed by atoms with Gasteiger partial charge in [0.25, 0.3) is 0 Å². The number of allylic oxidation sites excluding steroid dienone is 1.